The molecule has 0 spiro atoms. The molecule has 0 atom stereocenters. The maximum atomic E-state index is 11.9. The monoisotopic (exact) mass is 375 g/mol. The smallest absolute Gasteiger partial charge is 0.277 e. The van der Waals surface area contributed by atoms with E-state index < -0.39 is 0 Å². The highest BCUT2D eigenvalue weighted by Crippen LogP contribution is 2.25. The molecule has 144 valence electrons. The lowest BCUT2D eigenvalue weighted by Crippen LogP contribution is -2.24. The zero-order chi connectivity index (χ0) is 20.1. The molecular formula is C23H25N3O2. The Balaban J connectivity index is 1.69. The molecule has 0 saturated carbocycles. The Morgan fingerprint density at radius 2 is 1.71 bits per heavy atom. The van der Waals surface area contributed by atoms with Crippen LogP contribution in [0.4, 0.5) is 0 Å². The van der Waals surface area contributed by atoms with E-state index in [0.29, 0.717) is 5.75 Å². The van der Waals surface area contributed by atoms with Crippen LogP contribution < -0.4 is 10.2 Å². The number of ether oxygens (including phenoxy) is 1. The summed E-state index contributed by atoms with van der Waals surface area (Å²) in [5.41, 5.74) is 9.31. The second kappa shape index (κ2) is 8.57. The van der Waals surface area contributed by atoms with Gasteiger partial charge in [0.05, 0.1) is 11.9 Å². The predicted molar refractivity (Wildman–Crippen MR) is 112 cm³/mol. The lowest BCUT2D eigenvalue weighted by atomic mass is 10.1. The van der Waals surface area contributed by atoms with Crippen molar-refractivity contribution in [3.05, 3.63) is 82.7 Å². The lowest BCUT2D eigenvalue weighted by Gasteiger charge is -2.15. The minimum atomic E-state index is -0.302. The minimum absolute atomic E-state index is 0.0806. The number of benzene rings is 2. The quantitative estimate of drug-likeness (QED) is 0.517. The number of aryl methyl sites for hydroxylation is 3. The molecular weight excluding hydrogens is 350 g/mol. The van der Waals surface area contributed by atoms with E-state index in [1.54, 1.807) is 18.3 Å². The largest absolute Gasteiger partial charge is 0.484 e. The number of para-hydroxylation sites is 2. The van der Waals surface area contributed by atoms with Crippen LogP contribution in [-0.2, 0) is 4.79 Å². The third-order valence-electron chi connectivity index (χ3n) is 4.64. The fraction of sp³-hybridized carbons (Fsp3) is 0.217. The number of carbonyl (C=O) groups excluding carboxylic acids is 1. The van der Waals surface area contributed by atoms with E-state index in [0.717, 1.165) is 17.0 Å². The number of hydrogen-bond donors (Lipinski definition) is 1. The number of nitrogens with one attached hydrogen (secondary N) is 1. The van der Waals surface area contributed by atoms with Crippen LogP contribution in [0.1, 0.15) is 28.1 Å². The Morgan fingerprint density at radius 1 is 1.04 bits per heavy atom. The second-order valence-electron chi connectivity index (χ2n) is 6.80. The summed E-state index contributed by atoms with van der Waals surface area (Å²) >= 11 is 0. The number of hydrogen-bond acceptors (Lipinski definition) is 3. The summed E-state index contributed by atoms with van der Waals surface area (Å²) in [7, 11) is 0. The molecule has 0 aliphatic rings. The average molecular weight is 375 g/mol. The van der Waals surface area contributed by atoms with Gasteiger partial charge in [0.1, 0.15) is 5.75 Å². The number of rotatable bonds is 6. The number of hydrazone groups is 1. The van der Waals surface area contributed by atoms with Gasteiger partial charge < -0.3 is 9.30 Å². The molecule has 0 fully saturated rings. The maximum absolute atomic E-state index is 11.9. The van der Waals surface area contributed by atoms with Gasteiger partial charge in [0.15, 0.2) is 6.61 Å². The van der Waals surface area contributed by atoms with Crippen molar-refractivity contribution >= 4 is 12.1 Å². The summed E-state index contributed by atoms with van der Waals surface area (Å²) in [5.74, 6) is 0.349. The van der Waals surface area contributed by atoms with Gasteiger partial charge in [-0.05, 0) is 57.0 Å². The van der Waals surface area contributed by atoms with E-state index in [4.69, 9.17) is 4.74 Å². The zero-order valence-electron chi connectivity index (χ0n) is 16.7. The molecule has 1 aromatic heterocycles. The SMILES string of the molecule is Cc1cccc(C)c1-n1c(C)cc(/C=N\NC(=O)COc2ccccc2)c1C. The minimum Gasteiger partial charge on any atom is -0.484 e. The van der Waals surface area contributed by atoms with E-state index in [1.807, 2.05) is 18.2 Å². The summed E-state index contributed by atoms with van der Waals surface area (Å²) in [4.78, 5) is 11.9. The van der Waals surface area contributed by atoms with Gasteiger partial charge in [-0.2, -0.15) is 5.10 Å². The van der Waals surface area contributed by atoms with Crippen LogP contribution in [-0.4, -0.2) is 23.3 Å². The fourth-order valence-corrected chi connectivity index (χ4v) is 3.29. The van der Waals surface area contributed by atoms with Gasteiger partial charge in [-0.25, -0.2) is 5.43 Å². The van der Waals surface area contributed by atoms with Crippen LogP contribution in [0, 0.1) is 27.7 Å². The average Bonchev–Trinajstić information content (AvgIpc) is 2.95. The summed E-state index contributed by atoms with van der Waals surface area (Å²) in [6.45, 7) is 8.27. The van der Waals surface area contributed by atoms with Gasteiger partial charge in [0.2, 0.25) is 0 Å². The second-order valence-corrected chi connectivity index (χ2v) is 6.80. The first-order valence-electron chi connectivity index (χ1n) is 9.22. The highest BCUT2D eigenvalue weighted by Gasteiger charge is 2.13. The van der Waals surface area contributed by atoms with Gasteiger partial charge in [0, 0.05) is 17.0 Å². The molecule has 0 bridgehead atoms. The van der Waals surface area contributed by atoms with E-state index >= 15 is 0 Å². The molecule has 1 N–H and O–H groups in total. The summed E-state index contributed by atoms with van der Waals surface area (Å²) in [6, 6.07) is 17.6. The molecule has 3 rings (SSSR count). The van der Waals surface area contributed by atoms with Crippen LogP contribution in [0.2, 0.25) is 0 Å². The predicted octanol–water partition coefficient (Wildman–Crippen LogP) is 4.24. The van der Waals surface area contributed by atoms with Crippen LogP contribution in [0.3, 0.4) is 0 Å². The number of aromatic nitrogens is 1. The Morgan fingerprint density at radius 3 is 2.39 bits per heavy atom. The van der Waals surface area contributed by atoms with Gasteiger partial charge >= 0.3 is 0 Å². The van der Waals surface area contributed by atoms with Gasteiger partial charge in [0.25, 0.3) is 5.91 Å². The van der Waals surface area contributed by atoms with Crippen molar-refractivity contribution < 1.29 is 9.53 Å². The van der Waals surface area contributed by atoms with E-state index in [1.165, 1.54) is 16.8 Å². The van der Waals surface area contributed by atoms with E-state index in [-0.39, 0.29) is 12.5 Å². The van der Waals surface area contributed by atoms with Gasteiger partial charge in [-0.1, -0.05) is 36.4 Å². The Hall–Kier alpha value is -3.34. The third-order valence-corrected chi connectivity index (χ3v) is 4.64. The van der Waals surface area contributed by atoms with Crippen LogP contribution in [0.15, 0.2) is 59.7 Å². The number of carbonyl (C=O) groups is 1. The summed E-state index contributed by atoms with van der Waals surface area (Å²) < 4.78 is 7.64. The number of amides is 1. The molecule has 1 heterocycles. The molecule has 2 aromatic carbocycles. The lowest BCUT2D eigenvalue weighted by molar-refractivity contribution is -0.123. The molecule has 0 radical (unpaired) electrons. The molecule has 0 aliphatic heterocycles. The van der Waals surface area contributed by atoms with Gasteiger partial charge in [-0.15, -0.1) is 0 Å². The Bertz CT molecular complexity index is 984. The van der Waals surface area contributed by atoms with Crippen LogP contribution >= 0.6 is 0 Å². The van der Waals surface area contributed by atoms with Crippen molar-refractivity contribution in [2.24, 2.45) is 5.10 Å². The normalized spacial score (nSPS) is 11.0. The molecule has 3 aromatic rings. The van der Waals surface area contributed by atoms with Crippen molar-refractivity contribution in [2.45, 2.75) is 27.7 Å². The Labute approximate surface area is 165 Å². The molecule has 0 saturated heterocycles. The highest BCUT2D eigenvalue weighted by molar-refractivity contribution is 5.84. The van der Waals surface area contributed by atoms with Gasteiger partial charge in [-0.3, -0.25) is 4.79 Å². The van der Waals surface area contributed by atoms with Crippen LogP contribution in [0.25, 0.3) is 5.69 Å². The standard InChI is InChI=1S/C23H25N3O2/c1-16-9-8-10-17(2)23(16)26-18(3)13-20(19(26)4)14-24-25-22(27)15-28-21-11-6-5-7-12-21/h5-14H,15H2,1-4H3,(H,25,27)/b24-14-. The topological polar surface area (TPSA) is 55.6 Å². The van der Waals surface area contributed by atoms with Crippen molar-refractivity contribution in [2.75, 3.05) is 6.61 Å². The van der Waals surface area contributed by atoms with E-state index in [9.17, 15) is 4.79 Å². The zero-order valence-corrected chi connectivity index (χ0v) is 16.7. The highest BCUT2D eigenvalue weighted by atomic mass is 16.5. The van der Waals surface area contributed by atoms with Crippen molar-refractivity contribution in [3.8, 4) is 11.4 Å². The molecule has 5 heteroatoms. The fourth-order valence-electron chi connectivity index (χ4n) is 3.29. The van der Waals surface area contributed by atoms with Crippen molar-refractivity contribution in [3.63, 3.8) is 0 Å². The molecule has 5 nitrogen and oxygen atoms in total. The molecule has 1 amide bonds. The maximum Gasteiger partial charge on any atom is 0.277 e. The van der Waals surface area contributed by atoms with Crippen molar-refractivity contribution in [1.82, 2.24) is 9.99 Å². The van der Waals surface area contributed by atoms with E-state index in [2.05, 4.69) is 67.1 Å². The molecule has 0 aliphatic carbocycles. The van der Waals surface area contributed by atoms with Crippen LogP contribution in [0.5, 0.6) is 5.75 Å². The first kappa shape index (κ1) is 19.4. The first-order valence-corrected chi connectivity index (χ1v) is 9.22. The Kier molecular flexibility index (Phi) is 5.94. The molecule has 0 unspecified atom stereocenters. The summed E-state index contributed by atoms with van der Waals surface area (Å²) in [6.07, 6.45) is 1.67. The first-order chi connectivity index (χ1) is 13.5. The molecule has 28 heavy (non-hydrogen) atoms. The summed E-state index contributed by atoms with van der Waals surface area (Å²) in [5, 5.41) is 4.09. The number of nitrogens with zero attached hydrogens (tertiary/aromatic N) is 2. The van der Waals surface area contributed by atoms with Crippen molar-refractivity contribution in [1.29, 1.82) is 0 Å². The third kappa shape index (κ3) is 4.31.